The Kier molecular flexibility index (Phi) is 2.72. The number of aromatic nitrogens is 4. The molecule has 0 aliphatic carbocycles. The van der Waals surface area contributed by atoms with Crippen molar-refractivity contribution in [3.8, 4) is 17.7 Å². The van der Waals surface area contributed by atoms with Crippen LogP contribution in [0.3, 0.4) is 0 Å². The summed E-state index contributed by atoms with van der Waals surface area (Å²) in [5.41, 5.74) is 0.894. The van der Waals surface area contributed by atoms with E-state index in [-0.39, 0.29) is 0 Å². The monoisotopic (exact) mass is 220 g/mol. The first-order valence-corrected chi connectivity index (χ1v) is 4.72. The maximum absolute atomic E-state index is 5.03. The van der Waals surface area contributed by atoms with Gasteiger partial charge in [0.1, 0.15) is 0 Å². The molecule has 0 saturated carbocycles. The van der Waals surface area contributed by atoms with Gasteiger partial charge in [0.05, 0.1) is 14.2 Å². The molecule has 0 bridgehead atoms. The summed E-state index contributed by atoms with van der Waals surface area (Å²) in [5.74, 6) is 1.49. The fourth-order valence-corrected chi connectivity index (χ4v) is 1.30. The molecular weight excluding hydrogens is 208 g/mol. The lowest BCUT2D eigenvalue weighted by molar-refractivity contribution is 0.389. The first kappa shape index (κ1) is 10.4. The molecule has 0 amide bonds. The molecule has 0 aliphatic heterocycles. The van der Waals surface area contributed by atoms with E-state index in [2.05, 4.69) is 15.1 Å². The number of rotatable bonds is 3. The molecule has 84 valence electrons. The number of aryl methyl sites for hydroxylation is 1. The summed E-state index contributed by atoms with van der Waals surface area (Å²) in [6, 6.07) is 3.49. The zero-order valence-electron chi connectivity index (χ0n) is 9.34. The van der Waals surface area contributed by atoms with Gasteiger partial charge in [0, 0.05) is 24.0 Å². The van der Waals surface area contributed by atoms with Crippen LogP contribution < -0.4 is 9.47 Å². The second-order valence-electron chi connectivity index (χ2n) is 3.14. The van der Waals surface area contributed by atoms with Gasteiger partial charge in [-0.15, -0.1) is 5.10 Å². The summed E-state index contributed by atoms with van der Waals surface area (Å²) in [6.45, 7) is 1.90. The lowest BCUT2D eigenvalue weighted by Gasteiger charge is -2.03. The van der Waals surface area contributed by atoms with Crippen LogP contribution in [-0.4, -0.2) is 34.0 Å². The van der Waals surface area contributed by atoms with Gasteiger partial charge in [0.25, 0.3) is 5.95 Å². The molecule has 0 aromatic carbocycles. The standard InChI is InChI=1S/C10H12N4O2/c1-7-6-9(16-3)13-14(7)10-11-5-4-8(12-10)15-2/h4-6H,1-3H3. The van der Waals surface area contributed by atoms with Gasteiger partial charge in [0.15, 0.2) is 0 Å². The largest absolute Gasteiger partial charge is 0.481 e. The van der Waals surface area contributed by atoms with Crippen LogP contribution in [0.2, 0.25) is 0 Å². The van der Waals surface area contributed by atoms with E-state index in [0.29, 0.717) is 17.7 Å². The normalized spacial score (nSPS) is 10.2. The second-order valence-corrected chi connectivity index (χ2v) is 3.14. The van der Waals surface area contributed by atoms with Crippen LogP contribution in [0.1, 0.15) is 5.69 Å². The summed E-state index contributed by atoms with van der Waals surface area (Å²) >= 11 is 0. The maximum Gasteiger partial charge on any atom is 0.254 e. The Bertz CT molecular complexity index is 495. The molecule has 2 aromatic rings. The van der Waals surface area contributed by atoms with Crippen LogP contribution in [0.15, 0.2) is 18.3 Å². The molecule has 0 atom stereocenters. The summed E-state index contributed by atoms with van der Waals surface area (Å²) < 4.78 is 11.7. The first-order chi connectivity index (χ1) is 7.74. The number of hydrogen-bond acceptors (Lipinski definition) is 5. The number of hydrogen-bond donors (Lipinski definition) is 0. The molecule has 0 radical (unpaired) electrons. The molecule has 0 saturated heterocycles. The average molecular weight is 220 g/mol. The molecule has 2 heterocycles. The van der Waals surface area contributed by atoms with Crippen molar-refractivity contribution in [2.75, 3.05) is 14.2 Å². The van der Waals surface area contributed by atoms with Crippen molar-refractivity contribution in [2.45, 2.75) is 6.92 Å². The van der Waals surface area contributed by atoms with Gasteiger partial charge < -0.3 is 9.47 Å². The fourth-order valence-electron chi connectivity index (χ4n) is 1.30. The highest BCUT2D eigenvalue weighted by molar-refractivity contribution is 5.24. The van der Waals surface area contributed by atoms with E-state index in [1.807, 2.05) is 13.0 Å². The Morgan fingerprint density at radius 2 is 1.94 bits per heavy atom. The number of nitrogens with zero attached hydrogens (tertiary/aromatic N) is 4. The third-order valence-corrected chi connectivity index (χ3v) is 2.09. The highest BCUT2D eigenvalue weighted by Crippen LogP contribution is 2.14. The van der Waals surface area contributed by atoms with Crippen molar-refractivity contribution in [2.24, 2.45) is 0 Å². The van der Waals surface area contributed by atoms with Gasteiger partial charge in [-0.1, -0.05) is 0 Å². The van der Waals surface area contributed by atoms with Crippen molar-refractivity contribution in [1.82, 2.24) is 19.7 Å². The molecule has 0 N–H and O–H groups in total. The summed E-state index contributed by atoms with van der Waals surface area (Å²) in [7, 11) is 3.13. The minimum atomic E-state index is 0.458. The van der Waals surface area contributed by atoms with Crippen LogP contribution in [0, 0.1) is 6.92 Å². The van der Waals surface area contributed by atoms with Gasteiger partial charge in [-0.3, -0.25) is 0 Å². The topological polar surface area (TPSA) is 62.1 Å². The Hall–Kier alpha value is -2.11. The third-order valence-electron chi connectivity index (χ3n) is 2.09. The van der Waals surface area contributed by atoms with Crippen molar-refractivity contribution in [1.29, 1.82) is 0 Å². The third kappa shape index (κ3) is 1.81. The zero-order valence-corrected chi connectivity index (χ0v) is 9.34. The van der Waals surface area contributed by atoms with Gasteiger partial charge >= 0.3 is 0 Å². The Balaban J connectivity index is 2.45. The van der Waals surface area contributed by atoms with E-state index in [9.17, 15) is 0 Å². The van der Waals surface area contributed by atoms with E-state index in [1.54, 1.807) is 31.2 Å². The SMILES string of the molecule is COc1ccnc(-n2nc(OC)cc2C)n1. The lowest BCUT2D eigenvalue weighted by atomic mass is 10.5. The second kappa shape index (κ2) is 4.18. The maximum atomic E-state index is 5.03. The van der Waals surface area contributed by atoms with Gasteiger partial charge in [-0.05, 0) is 6.92 Å². The highest BCUT2D eigenvalue weighted by atomic mass is 16.5. The highest BCUT2D eigenvalue weighted by Gasteiger charge is 2.09. The van der Waals surface area contributed by atoms with E-state index >= 15 is 0 Å². The van der Waals surface area contributed by atoms with Crippen LogP contribution in [0.5, 0.6) is 11.8 Å². The van der Waals surface area contributed by atoms with Crippen molar-refractivity contribution in [3.05, 3.63) is 24.0 Å². The number of ether oxygens (including phenoxy) is 2. The minimum absolute atomic E-state index is 0.458. The van der Waals surface area contributed by atoms with Crippen molar-refractivity contribution >= 4 is 0 Å². The van der Waals surface area contributed by atoms with Gasteiger partial charge in [-0.2, -0.15) is 9.67 Å². The quantitative estimate of drug-likeness (QED) is 0.771. The summed E-state index contributed by atoms with van der Waals surface area (Å²) in [6.07, 6.45) is 1.62. The Morgan fingerprint density at radius 1 is 1.19 bits per heavy atom. The van der Waals surface area contributed by atoms with Gasteiger partial charge in [0.2, 0.25) is 11.8 Å². The molecule has 0 fully saturated rings. The molecule has 6 nitrogen and oxygen atoms in total. The van der Waals surface area contributed by atoms with Crippen LogP contribution in [0.4, 0.5) is 0 Å². The predicted octanol–water partition coefficient (Wildman–Crippen LogP) is 0.988. The molecule has 2 rings (SSSR count). The van der Waals surface area contributed by atoms with Crippen LogP contribution in [-0.2, 0) is 0 Å². The minimum Gasteiger partial charge on any atom is -0.481 e. The molecule has 16 heavy (non-hydrogen) atoms. The first-order valence-electron chi connectivity index (χ1n) is 4.72. The zero-order chi connectivity index (χ0) is 11.5. The molecule has 0 aliphatic rings. The molecule has 0 spiro atoms. The van der Waals surface area contributed by atoms with Crippen molar-refractivity contribution in [3.63, 3.8) is 0 Å². The van der Waals surface area contributed by atoms with Crippen LogP contribution >= 0.6 is 0 Å². The fraction of sp³-hybridized carbons (Fsp3) is 0.300. The number of methoxy groups -OCH3 is 2. The Labute approximate surface area is 92.9 Å². The van der Waals surface area contributed by atoms with E-state index in [4.69, 9.17) is 9.47 Å². The van der Waals surface area contributed by atoms with Crippen LogP contribution in [0.25, 0.3) is 5.95 Å². The summed E-state index contributed by atoms with van der Waals surface area (Å²) in [5, 5.41) is 4.19. The molecule has 0 unspecified atom stereocenters. The predicted molar refractivity (Wildman–Crippen MR) is 57.0 cm³/mol. The van der Waals surface area contributed by atoms with E-state index < -0.39 is 0 Å². The summed E-state index contributed by atoms with van der Waals surface area (Å²) in [4.78, 5) is 8.30. The molecule has 6 heteroatoms. The Morgan fingerprint density at radius 3 is 2.56 bits per heavy atom. The van der Waals surface area contributed by atoms with E-state index in [0.717, 1.165) is 5.69 Å². The van der Waals surface area contributed by atoms with Crippen molar-refractivity contribution < 1.29 is 9.47 Å². The smallest absolute Gasteiger partial charge is 0.254 e. The average Bonchev–Trinajstić information content (AvgIpc) is 2.71. The lowest BCUT2D eigenvalue weighted by Crippen LogP contribution is -2.05. The van der Waals surface area contributed by atoms with E-state index in [1.165, 1.54) is 0 Å². The molecule has 2 aromatic heterocycles. The van der Waals surface area contributed by atoms with Gasteiger partial charge in [-0.25, -0.2) is 4.98 Å². The molecular formula is C10H12N4O2.